The quantitative estimate of drug-likeness (QED) is 0.377. The minimum Gasteiger partial charge on any atom is -0.241 e. The zero-order chi connectivity index (χ0) is 19.9. The number of para-hydroxylation sites is 2. The highest BCUT2D eigenvalue weighted by molar-refractivity contribution is 7.19. The van der Waals surface area contributed by atoms with Gasteiger partial charge in [-0.1, -0.05) is 72.8 Å². The molecule has 0 saturated carbocycles. The molecule has 142 valence electrons. The van der Waals surface area contributed by atoms with Gasteiger partial charge in [0, 0.05) is 10.4 Å². The summed E-state index contributed by atoms with van der Waals surface area (Å²) in [6.07, 6.45) is 0. The van der Waals surface area contributed by atoms with E-state index in [1.165, 1.54) is 21.6 Å². The largest absolute Gasteiger partial charge is 0.241 e. The summed E-state index contributed by atoms with van der Waals surface area (Å²) in [7, 11) is 0. The van der Waals surface area contributed by atoms with Gasteiger partial charge in [-0.05, 0) is 39.8 Å². The van der Waals surface area contributed by atoms with Gasteiger partial charge in [0.25, 0.3) is 0 Å². The lowest BCUT2D eigenvalue weighted by molar-refractivity contribution is 0.841. The fourth-order valence-electron chi connectivity index (χ4n) is 3.71. The monoisotopic (exact) mass is 405 g/mol. The van der Waals surface area contributed by atoms with Crippen LogP contribution in [0.3, 0.4) is 0 Å². The topological polar surface area (TPSA) is 56.0 Å². The molecule has 0 bridgehead atoms. The summed E-state index contributed by atoms with van der Waals surface area (Å²) in [6.45, 7) is 0. The summed E-state index contributed by atoms with van der Waals surface area (Å²) >= 11 is 1.72. The molecule has 0 N–H and O–H groups in total. The maximum Gasteiger partial charge on any atom is 0.207 e. The summed E-state index contributed by atoms with van der Waals surface area (Å²) in [6, 6.07) is 31.0. The lowest BCUT2D eigenvalue weighted by atomic mass is 10.0. The van der Waals surface area contributed by atoms with Crippen LogP contribution < -0.4 is 0 Å². The molecule has 6 heteroatoms. The van der Waals surface area contributed by atoms with Crippen molar-refractivity contribution in [2.24, 2.45) is 0 Å². The van der Waals surface area contributed by atoms with Gasteiger partial charge in [0.05, 0.1) is 15.9 Å². The second kappa shape index (κ2) is 6.86. The summed E-state index contributed by atoms with van der Waals surface area (Å²) in [5, 5.41) is 12.4. The number of thiophene rings is 1. The third-order valence-corrected chi connectivity index (χ3v) is 6.30. The average molecular weight is 405 g/mol. The maximum atomic E-state index is 4.93. The van der Waals surface area contributed by atoms with Gasteiger partial charge in [-0.25, -0.2) is 4.98 Å². The Morgan fingerprint density at radius 1 is 0.733 bits per heavy atom. The Hall–Kier alpha value is -3.90. The van der Waals surface area contributed by atoms with E-state index in [0.717, 1.165) is 21.6 Å². The number of aromatic nitrogens is 5. The molecule has 0 unspecified atom stereocenters. The molecule has 5 nitrogen and oxygen atoms in total. The van der Waals surface area contributed by atoms with Crippen molar-refractivity contribution >= 4 is 28.0 Å². The van der Waals surface area contributed by atoms with Crippen molar-refractivity contribution < 1.29 is 0 Å². The SMILES string of the molecule is c1ccc(-c2cc(-c3nc4ccccc4n4nnnc34)sc2-c2ccccc2)cc1. The Kier molecular flexibility index (Phi) is 3.89. The minimum atomic E-state index is 0.661. The van der Waals surface area contributed by atoms with Crippen LogP contribution in [0.1, 0.15) is 0 Å². The molecule has 3 aromatic heterocycles. The molecule has 6 rings (SSSR count). The molecule has 3 heterocycles. The van der Waals surface area contributed by atoms with E-state index in [9.17, 15) is 0 Å². The second-order valence-electron chi connectivity index (χ2n) is 6.95. The molecule has 0 aliphatic carbocycles. The van der Waals surface area contributed by atoms with Crippen LogP contribution >= 0.6 is 11.3 Å². The Bertz CT molecular complexity index is 1430. The Labute approximate surface area is 176 Å². The van der Waals surface area contributed by atoms with Crippen LogP contribution in [0.15, 0.2) is 91.0 Å². The normalized spacial score (nSPS) is 11.3. The number of nitrogens with zero attached hydrogens (tertiary/aromatic N) is 5. The van der Waals surface area contributed by atoms with Crippen LogP contribution in [0, 0.1) is 0 Å². The first-order valence-electron chi connectivity index (χ1n) is 9.60. The van der Waals surface area contributed by atoms with Crippen molar-refractivity contribution in [2.75, 3.05) is 0 Å². The number of fused-ring (bicyclic) bond motifs is 3. The molecule has 0 saturated heterocycles. The molecule has 0 atom stereocenters. The lowest BCUT2D eigenvalue weighted by Crippen LogP contribution is -1.96. The number of hydrogen-bond acceptors (Lipinski definition) is 5. The van der Waals surface area contributed by atoms with E-state index in [4.69, 9.17) is 4.98 Å². The number of benzene rings is 3. The molecule has 0 aliphatic heterocycles. The van der Waals surface area contributed by atoms with E-state index >= 15 is 0 Å². The van der Waals surface area contributed by atoms with Gasteiger partial charge in [0.1, 0.15) is 5.69 Å². The van der Waals surface area contributed by atoms with E-state index in [0.29, 0.717) is 5.65 Å². The van der Waals surface area contributed by atoms with Gasteiger partial charge in [-0.3, -0.25) is 0 Å². The molecule has 0 fully saturated rings. The van der Waals surface area contributed by atoms with Crippen LogP contribution in [0.25, 0.3) is 48.8 Å². The molecule has 30 heavy (non-hydrogen) atoms. The standard InChI is InChI=1S/C24H15N5S/c1-3-9-16(10-4-1)18-15-21(30-23(18)17-11-5-2-6-12-17)22-24-26-27-28-29(24)20-14-8-7-13-19(20)25-22/h1-15H. The van der Waals surface area contributed by atoms with E-state index in [-0.39, 0.29) is 0 Å². The highest BCUT2D eigenvalue weighted by atomic mass is 32.1. The highest BCUT2D eigenvalue weighted by Crippen LogP contribution is 2.43. The van der Waals surface area contributed by atoms with E-state index in [1.807, 2.05) is 36.4 Å². The highest BCUT2D eigenvalue weighted by Gasteiger charge is 2.19. The average Bonchev–Trinajstić information content (AvgIpc) is 3.48. The van der Waals surface area contributed by atoms with Crippen molar-refractivity contribution in [3.8, 4) is 32.1 Å². The Morgan fingerprint density at radius 2 is 1.43 bits per heavy atom. The lowest BCUT2D eigenvalue weighted by Gasteiger charge is -2.03. The van der Waals surface area contributed by atoms with E-state index < -0.39 is 0 Å². The molecule has 0 aliphatic rings. The van der Waals surface area contributed by atoms with Crippen molar-refractivity contribution in [2.45, 2.75) is 0 Å². The van der Waals surface area contributed by atoms with Crippen molar-refractivity contribution in [3.05, 3.63) is 91.0 Å². The fraction of sp³-hybridized carbons (Fsp3) is 0. The minimum absolute atomic E-state index is 0.661. The third kappa shape index (κ3) is 2.69. The summed E-state index contributed by atoms with van der Waals surface area (Å²) in [5.74, 6) is 0. The molecular weight excluding hydrogens is 390 g/mol. The summed E-state index contributed by atoms with van der Waals surface area (Å²) in [5.41, 5.74) is 6.76. The number of hydrogen-bond donors (Lipinski definition) is 0. The first kappa shape index (κ1) is 17.0. The second-order valence-corrected chi connectivity index (χ2v) is 8.00. The first-order valence-corrected chi connectivity index (χ1v) is 10.4. The zero-order valence-electron chi connectivity index (χ0n) is 15.8. The molecule has 0 amide bonds. The van der Waals surface area contributed by atoms with Gasteiger partial charge in [0.2, 0.25) is 5.65 Å². The smallest absolute Gasteiger partial charge is 0.207 e. The van der Waals surface area contributed by atoms with Gasteiger partial charge in [-0.15, -0.1) is 16.4 Å². The predicted molar refractivity (Wildman–Crippen MR) is 120 cm³/mol. The fourth-order valence-corrected chi connectivity index (χ4v) is 4.89. The van der Waals surface area contributed by atoms with E-state index in [2.05, 4.69) is 70.1 Å². The third-order valence-electron chi connectivity index (χ3n) is 5.11. The van der Waals surface area contributed by atoms with Crippen LogP contribution in [-0.2, 0) is 0 Å². The van der Waals surface area contributed by atoms with Crippen molar-refractivity contribution in [3.63, 3.8) is 0 Å². The summed E-state index contributed by atoms with van der Waals surface area (Å²) in [4.78, 5) is 7.18. The van der Waals surface area contributed by atoms with Crippen LogP contribution in [-0.4, -0.2) is 25.0 Å². The van der Waals surface area contributed by atoms with Gasteiger partial charge in [-0.2, -0.15) is 4.52 Å². The maximum absolute atomic E-state index is 4.93. The van der Waals surface area contributed by atoms with Crippen LogP contribution in [0.2, 0.25) is 0 Å². The van der Waals surface area contributed by atoms with Crippen molar-refractivity contribution in [1.29, 1.82) is 0 Å². The van der Waals surface area contributed by atoms with E-state index in [1.54, 1.807) is 15.9 Å². The molecule has 0 spiro atoms. The number of rotatable bonds is 3. The van der Waals surface area contributed by atoms with Gasteiger partial charge >= 0.3 is 0 Å². The van der Waals surface area contributed by atoms with Crippen LogP contribution in [0.5, 0.6) is 0 Å². The van der Waals surface area contributed by atoms with Crippen LogP contribution in [0.4, 0.5) is 0 Å². The Balaban J connectivity index is 1.64. The molecule has 3 aromatic carbocycles. The van der Waals surface area contributed by atoms with Gasteiger partial charge < -0.3 is 0 Å². The van der Waals surface area contributed by atoms with Gasteiger partial charge in [0.15, 0.2) is 0 Å². The number of tetrazole rings is 1. The molecule has 6 aromatic rings. The predicted octanol–water partition coefficient (Wildman–Crippen LogP) is 5.74. The Morgan fingerprint density at radius 3 is 2.23 bits per heavy atom. The molecule has 0 radical (unpaired) electrons. The first-order chi connectivity index (χ1) is 14.9. The summed E-state index contributed by atoms with van der Waals surface area (Å²) < 4.78 is 1.77. The molecular formula is C24H15N5S. The van der Waals surface area contributed by atoms with Crippen molar-refractivity contribution in [1.82, 2.24) is 25.0 Å². The zero-order valence-corrected chi connectivity index (χ0v) is 16.6.